The Morgan fingerprint density at radius 2 is 2.20 bits per heavy atom. The largest absolute Gasteiger partial charge is 0.329 e. The number of amides is 1. The molecule has 130 valence electrons. The maximum Gasteiger partial charge on any atom is 0.276 e. The molecule has 0 saturated carbocycles. The summed E-state index contributed by atoms with van der Waals surface area (Å²) in [5, 5.41) is 7.98. The molecule has 3 heterocycles. The number of hydrogen-bond donors (Lipinski definition) is 1. The first-order chi connectivity index (χ1) is 12.2. The fourth-order valence-electron chi connectivity index (χ4n) is 3.53. The summed E-state index contributed by atoms with van der Waals surface area (Å²) in [5.74, 6) is 0.819. The van der Waals surface area contributed by atoms with Gasteiger partial charge in [-0.1, -0.05) is 17.3 Å². The minimum atomic E-state index is -0.0992. The second-order valence-corrected chi connectivity index (χ2v) is 6.33. The van der Waals surface area contributed by atoms with E-state index in [4.69, 9.17) is 10.7 Å². The van der Waals surface area contributed by atoms with Crippen LogP contribution in [0, 0.1) is 0 Å². The molecular formula is C17H21N7O. The summed E-state index contributed by atoms with van der Waals surface area (Å²) in [6.07, 6.45) is 3.52. The second kappa shape index (κ2) is 6.29. The molecule has 1 aromatic carbocycles. The van der Waals surface area contributed by atoms with E-state index < -0.39 is 0 Å². The quantitative estimate of drug-likeness (QED) is 0.768. The van der Waals surface area contributed by atoms with Gasteiger partial charge in [0.15, 0.2) is 5.69 Å². The van der Waals surface area contributed by atoms with Gasteiger partial charge in [-0.3, -0.25) is 9.48 Å². The Labute approximate surface area is 145 Å². The smallest absolute Gasteiger partial charge is 0.276 e. The van der Waals surface area contributed by atoms with Crippen LogP contribution >= 0.6 is 0 Å². The Hall–Kier alpha value is -2.74. The number of para-hydroxylation sites is 2. The minimum absolute atomic E-state index is 0.0374. The van der Waals surface area contributed by atoms with Gasteiger partial charge in [-0.2, -0.15) is 0 Å². The molecule has 1 amide bonds. The van der Waals surface area contributed by atoms with Crippen LogP contribution in [0.25, 0.3) is 11.0 Å². The number of aryl methyl sites for hydroxylation is 1. The lowest BCUT2D eigenvalue weighted by molar-refractivity contribution is 0.0722. The van der Waals surface area contributed by atoms with Crippen molar-refractivity contribution in [3.8, 4) is 0 Å². The molecule has 2 aromatic heterocycles. The van der Waals surface area contributed by atoms with Crippen molar-refractivity contribution in [3.05, 3.63) is 42.0 Å². The van der Waals surface area contributed by atoms with Crippen LogP contribution in [0.3, 0.4) is 0 Å². The Morgan fingerprint density at radius 3 is 3.00 bits per heavy atom. The molecule has 1 unspecified atom stereocenters. The molecule has 1 fully saturated rings. The molecule has 3 aromatic rings. The number of carbonyl (C=O) groups is 1. The summed E-state index contributed by atoms with van der Waals surface area (Å²) in [7, 11) is 2.00. The highest BCUT2D eigenvalue weighted by atomic mass is 16.2. The first-order valence-corrected chi connectivity index (χ1v) is 8.51. The van der Waals surface area contributed by atoms with Gasteiger partial charge in [0, 0.05) is 20.1 Å². The zero-order chi connectivity index (χ0) is 17.4. The van der Waals surface area contributed by atoms with Gasteiger partial charge in [0.1, 0.15) is 5.82 Å². The first kappa shape index (κ1) is 15.8. The Kier molecular flexibility index (Phi) is 3.96. The van der Waals surface area contributed by atoms with E-state index in [1.165, 1.54) is 0 Å². The molecule has 0 spiro atoms. The third kappa shape index (κ3) is 2.68. The predicted molar refractivity (Wildman–Crippen MR) is 92.8 cm³/mol. The number of likely N-dealkylation sites (tertiary alicyclic amines) is 1. The van der Waals surface area contributed by atoms with Gasteiger partial charge in [0.2, 0.25) is 0 Å². The SMILES string of the molecule is Cn1c(C2CCCN2C(=O)c2cn(CCN)nn2)nc2ccccc21. The lowest BCUT2D eigenvalue weighted by Gasteiger charge is -2.23. The molecule has 25 heavy (non-hydrogen) atoms. The molecule has 1 aliphatic heterocycles. The number of benzene rings is 1. The summed E-state index contributed by atoms with van der Waals surface area (Å²) in [6, 6.07) is 7.99. The zero-order valence-electron chi connectivity index (χ0n) is 14.2. The molecule has 4 rings (SSSR count). The normalized spacial score (nSPS) is 17.5. The van der Waals surface area contributed by atoms with Crippen LogP contribution in [0.4, 0.5) is 0 Å². The van der Waals surface area contributed by atoms with Crippen molar-refractivity contribution in [2.45, 2.75) is 25.4 Å². The van der Waals surface area contributed by atoms with Crippen LogP contribution in [0.1, 0.15) is 35.2 Å². The van der Waals surface area contributed by atoms with Gasteiger partial charge in [0.25, 0.3) is 5.91 Å². The highest BCUT2D eigenvalue weighted by molar-refractivity contribution is 5.92. The third-order valence-electron chi connectivity index (χ3n) is 4.75. The van der Waals surface area contributed by atoms with E-state index in [0.29, 0.717) is 25.3 Å². The van der Waals surface area contributed by atoms with E-state index in [2.05, 4.69) is 14.9 Å². The van der Waals surface area contributed by atoms with Crippen LogP contribution in [0.5, 0.6) is 0 Å². The monoisotopic (exact) mass is 339 g/mol. The summed E-state index contributed by atoms with van der Waals surface area (Å²) >= 11 is 0. The number of rotatable bonds is 4. The highest BCUT2D eigenvalue weighted by Gasteiger charge is 2.34. The van der Waals surface area contributed by atoms with Crippen LogP contribution in [-0.2, 0) is 13.6 Å². The average molecular weight is 339 g/mol. The Balaban J connectivity index is 1.65. The van der Waals surface area contributed by atoms with Gasteiger partial charge in [0.05, 0.1) is 29.8 Å². The van der Waals surface area contributed by atoms with Crippen LogP contribution in [0.15, 0.2) is 30.5 Å². The van der Waals surface area contributed by atoms with Crippen LogP contribution in [0.2, 0.25) is 0 Å². The maximum absolute atomic E-state index is 12.9. The summed E-state index contributed by atoms with van der Waals surface area (Å²) in [5.41, 5.74) is 7.91. The first-order valence-electron chi connectivity index (χ1n) is 8.51. The number of imidazole rings is 1. The molecule has 2 N–H and O–H groups in total. The molecule has 0 aliphatic carbocycles. The molecule has 0 bridgehead atoms. The molecule has 1 aliphatic rings. The van der Waals surface area contributed by atoms with Crippen molar-refractivity contribution in [1.29, 1.82) is 0 Å². The summed E-state index contributed by atoms with van der Waals surface area (Å²) in [4.78, 5) is 19.5. The van der Waals surface area contributed by atoms with Gasteiger partial charge in [-0.25, -0.2) is 4.98 Å². The molecule has 8 nitrogen and oxygen atoms in total. The standard InChI is InChI=1S/C17H21N7O/c1-22-14-6-3-2-5-12(14)19-16(22)15-7-4-9-24(15)17(25)13-11-23(10-8-18)21-20-13/h2-3,5-6,11,15H,4,7-10,18H2,1H3. The van der Waals surface area contributed by atoms with Crippen molar-refractivity contribution < 1.29 is 4.79 Å². The molecule has 1 atom stereocenters. The number of fused-ring (bicyclic) bond motifs is 1. The fourth-order valence-corrected chi connectivity index (χ4v) is 3.53. The number of nitrogens with two attached hydrogens (primary N) is 1. The molecular weight excluding hydrogens is 318 g/mol. The average Bonchev–Trinajstić information content (AvgIpc) is 3.34. The van der Waals surface area contributed by atoms with E-state index in [-0.39, 0.29) is 11.9 Å². The van der Waals surface area contributed by atoms with Gasteiger partial charge in [-0.05, 0) is 25.0 Å². The fraction of sp³-hybridized carbons (Fsp3) is 0.412. The highest BCUT2D eigenvalue weighted by Crippen LogP contribution is 2.33. The van der Waals surface area contributed by atoms with Crippen molar-refractivity contribution in [3.63, 3.8) is 0 Å². The summed E-state index contributed by atoms with van der Waals surface area (Å²) in [6.45, 7) is 1.72. The third-order valence-corrected chi connectivity index (χ3v) is 4.75. The van der Waals surface area contributed by atoms with Crippen molar-refractivity contribution in [1.82, 2.24) is 29.4 Å². The van der Waals surface area contributed by atoms with E-state index in [1.807, 2.05) is 36.2 Å². The van der Waals surface area contributed by atoms with Crippen molar-refractivity contribution >= 4 is 16.9 Å². The van der Waals surface area contributed by atoms with Gasteiger partial charge >= 0.3 is 0 Å². The van der Waals surface area contributed by atoms with Crippen LogP contribution in [-0.4, -0.2) is 48.4 Å². The molecule has 1 saturated heterocycles. The lowest BCUT2D eigenvalue weighted by atomic mass is 10.2. The topological polar surface area (TPSA) is 94.9 Å². The minimum Gasteiger partial charge on any atom is -0.329 e. The van der Waals surface area contributed by atoms with Gasteiger partial charge < -0.3 is 15.2 Å². The molecule has 8 heteroatoms. The second-order valence-electron chi connectivity index (χ2n) is 6.33. The van der Waals surface area contributed by atoms with E-state index >= 15 is 0 Å². The van der Waals surface area contributed by atoms with E-state index in [0.717, 1.165) is 29.7 Å². The number of hydrogen-bond acceptors (Lipinski definition) is 5. The van der Waals surface area contributed by atoms with Crippen LogP contribution < -0.4 is 5.73 Å². The van der Waals surface area contributed by atoms with Gasteiger partial charge in [-0.15, -0.1) is 5.10 Å². The van der Waals surface area contributed by atoms with E-state index in [9.17, 15) is 4.79 Å². The number of nitrogens with zero attached hydrogens (tertiary/aromatic N) is 6. The van der Waals surface area contributed by atoms with Crippen molar-refractivity contribution in [2.24, 2.45) is 12.8 Å². The zero-order valence-corrected chi connectivity index (χ0v) is 14.2. The Bertz CT molecular complexity index is 913. The number of aromatic nitrogens is 5. The van der Waals surface area contributed by atoms with E-state index in [1.54, 1.807) is 10.9 Å². The predicted octanol–water partition coefficient (Wildman–Crippen LogP) is 1.10. The Morgan fingerprint density at radius 1 is 1.36 bits per heavy atom. The number of carbonyl (C=O) groups excluding carboxylic acids is 1. The van der Waals surface area contributed by atoms with Crippen molar-refractivity contribution in [2.75, 3.05) is 13.1 Å². The summed E-state index contributed by atoms with van der Waals surface area (Å²) < 4.78 is 3.68. The maximum atomic E-state index is 12.9. The lowest BCUT2D eigenvalue weighted by Crippen LogP contribution is -2.32. The molecule has 0 radical (unpaired) electrons.